The zero-order valence-corrected chi connectivity index (χ0v) is 7.97. The molecule has 2 nitrogen and oxygen atoms in total. The summed E-state index contributed by atoms with van der Waals surface area (Å²) in [4.78, 5) is 10.8. The molecule has 1 aromatic rings. The van der Waals surface area contributed by atoms with Crippen molar-refractivity contribution >= 4 is 5.78 Å². The first-order valence-corrected chi connectivity index (χ1v) is 4.21. The van der Waals surface area contributed by atoms with E-state index in [0.29, 0.717) is 0 Å². The van der Waals surface area contributed by atoms with E-state index in [0.717, 1.165) is 0 Å². The average Bonchev–Trinajstić information content (AvgIpc) is 2.05. The molecule has 0 heterocycles. The zero-order valence-electron chi connectivity index (χ0n) is 7.97. The number of ether oxygens (including phenoxy) is 1. The van der Waals surface area contributed by atoms with Gasteiger partial charge in [0.05, 0.1) is 0 Å². The Bertz CT molecular complexity index is 358. The Balaban J connectivity index is 2.91. The highest BCUT2D eigenvalue weighted by atomic mass is 19.4. The molecule has 5 heteroatoms. The minimum Gasteiger partial charge on any atom is -0.405 e. The van der Waals surface area contributed by atoms with Crippen LogP contribution >= 0.6 is 0 Å². The van der Waals surface area contributed by atoms with Gasteiger partial charge in [0, 0.05) is 12.0 Å². The third-order valence-corrected chi connectivity index (χ3v) is 1.64. The Labute approximate surface area is 84.7 Å². The van der Waals surface area contributed by atoms with Crippen molar-refractivity contribution in [3.8, 4) is 5.75 Å². The second kappa shape index (κ2) is 4.33. The summed E-state index contributed by atoms with van der Waals surface area (Å²) in [5.41, 5.74) is 0.238. The molecule has 82 valence electrons. The summed E-state index contributed by atoms with van der Waals surface area (Å²) >= 11 is 0. The van der Waals surface area contributed by atoms with Crippen LogP contribution in [0.5, 0.6) is 5.75 Å². The van der Waals surface area contributed by atoms with Gasteiger partial charge in [-0.2, -0.15) is 0 Å². The molecule has 1 aromatic carbocycles. The molecule has 0 saturated heterocycles. The molecule has 15 heavy (non-hydrogen) atoms. The van der Waals surface area contributed by atoms with Gasteiger partial charge in [0.2, 0.25) is 0 Å². The van der Waals surface area contributed by atoms with Gasteiger partial charge >= 0.3 is 6.36 Å². The monoisotopic (exact) mass is 218 g/mol. The van der Waals surface area contributed by atoms with Crippen LogP contribution in [0.2, 0.25) is 0 Å². The molecule has 0 N–H and O–H groups in total. The van der Waals surface area contributed by atoms with Crippen LogP contribution in [-0.4, -0.2) is 12.1 Å². The van der Waals surface area contributed by atoms with E-state index in [1.54, 1.807) is 6.07 Å². The Morgan fingerprint density at radius 2 is 1.93 bits per heavy atom. The summed E-state index contributed by atoms with van der Waals surface area (Å²) in [5, 5.41) is 0. The van der Waals surface area contributed by atoms with Gasteiger partial charge in [-0.25, -0.2) is 0 Å². The number of hydrogen-bond donors (Lipinski definition) is 0. The number of alkyl halides is 3. The van der Waals surface area contributed by atoms with Crippen molar-refractivity contribution in [2.75, 3.05) is 0 Å². The van der Waals surface area contributed by atoms with E-state index in [4.69, 9.17) is 0 Å². The topological polar surface area (TPSA) is 26.3 Å². The number of rotatable bonds is 3. The van der Waals surface area contributed by atoms with Crippen molar-refractivity contribution in [1.29, 1.82) is 0 Å². The van der Waals surface area contributed by atoms with E-state index >= 15 is 0 Å². The molecule has 0 aliphatic heterocycles. The number of hydrogen-bond acceptors (Lipinski definition) is 2. The quantitative estimate of drug-likeness (QED) is 0.779. The van der Waals surface area contributed by atoms with E-state index in [2.05, 4.69) is 4.74 Å². The second-order valence-corrected chi connectivity index (χ2v) is 3.03. The van der Waals surface area contributed by atoms with Gasteiger partial charge in [-0.05, 0) is 13.0 Å². The molecule has 0 aromatic heterocycles. The Hall–Kier alpha value is -1.52. The predicted octanol–water partition coefficient (Wildman–Crippen LogP) is 2.72. The van der Waals surface area contributed by atoms with Gasteiger partial charge in [0.25, 0.3) is 0 Å². The number of carbonyl (C=O) groups excluding carboxylic acids is 1. The van der Waals surface area contributed by atoms with Crippen LogP contribution in [0.4, 0.5) is 13.2 Å². The SMILES string of the molecule is CC(=O)Cc1ccccc1OC(F)(F)F. The maximum atomic E-state index is 12.0. The van der Waals surface area contributed by atoms with Crippen molar-refractivity contribution in [3.05, 3.63) is 29.8 Å². The van der Waals surface area contributed by atoms with Crippen LogP contribution in [0.3, 0.4) is 0 Å². The lowest BCUT2D eigenvalue weighted by Gasteiger charge is -2.12. The van der Waals surface area contributed by atoms with Crippen LogP contribution in [0.15, 0.2) is 24.3 Å². The first-order chi connectivity index (χ1) is 6.88. The molecule has 0 radical (unpaired) electrons. The highest BCUT2D eigenvalue weighted by Gasteiger charge is 2.31. The van der Waals surface area contributed by atoms with Crippen LogP contribution in [0.25, 0.3) is 0 Å². The summed E-state index contributed by atoms with van der Waals surface area (Å²) in [6, 6.07) is 5.60. The molecular weight excluding hydrogens is 209 g/mol. The number of para-hydroxylation sites is 1. The van der Waals surface area contributed by atoms with Crippen molar-refractivity contribution in [2.45, 2.75) is 19.7 Å². The van der Waals surface area contributed by atoms with Crippen LogP contribution in [-0.2, 0) is 11.2 Å². The maximum Gasteiger partial charge on any atom is 0.573 e. The fraction of sp³-hybridized carbons (Fsp3) is 0.300. The molecule has 0 amide bonds. The largest absolute Gasteiger partial charge is 0.573 e. The normalized spacial score (nSPS) is 11.2. The fourth-order valence-corrected chi connectivity index (χ4v) is 1.14. The minimum absolute atomic E-state index is 0.0632. The number of carbonyl (C=O) groups is 1. The predicted molar refractivity (Wildman–Crippen MR) is 47.5 cm³/mol. The second-order valence-electron chi connectivity index (χ2n) is 3.03. The summed E-state index contributed by atoms with van der Waals surface area (Å²) in [6.45, 7) is 1.31. The Morgan fingerprint density at radius 3 is 2.47 bits per heavy atom. The molecule has 0 unspecified atom stereocenters. The van der Waals surface area contributed by atoms with Gasteiger partial charge in [-0.15, -0.1) is 13.2 Å². The molecule has 0 aliphatic carbocycles. The smallest absolute Gasteiger partial charge is 0.405 e. The Kier molecular flexibility index (Phi) is 3.34. The van der Waals surface area contributed by atoms with Crippen LogP contribution < -0.4 is 4.74 Å². The number of Topliss-reactive ketones (excluding diaryl/α,β-unsaturated/α-hetero) is 1. The van der Waals surface area contributed by atoms with Gasteiger partial charge in [-0.1, -0.05) is 18.2 Å². The van der Waals surface area contributed by atoms with Gasteiger partial charge in [0.15, 0.2) is 0 Å². The van der Waals surface area contributed by atoms with E-state index < -0.39 is 6.36 Å². The standard InChI is InChI=1S/C10H9F3O2/c1-7(14)6-8-4-2-3-5-9(8)15-10(11,12)13/h2-5H,6H2,1H3. The third-order valence-electron chi connectivity index (χ3n) is 1.64. The van der Waals surface area contributed by atoms with Crippen molar-refractivity contribution in [1.82, 2.24) is 0 Å². The molecule has 0 fully saturated rings. The molecule has 0 saturated carbocycles. The number of benzene rings is 1. The van der Waals surface area contributed by atoms with Crippen molar-refractivity contribution < 1.29 is 22.7 Å². The van der Waals surface area contributed by atoms with E-state index in [9.17, 15) is 18.0 Å². The minimum atomic E-state index is -4.73. The Morgan fingerprint density at radius 1 is 1.33 bits per heavy atom. The van der Waals surface area contributed by atoms with Crippen LogP contribution in [0, 0.1) is 0 Å². The summed E-state index contributed by atoms with van der Waals surface area (Å²) in [5.74, 6) is -0.534. The van der Waals surface area contributed by atoms with Crippen molar-refractivity contribution in [2.24, 2.45) is 0 Å². The third kappa shape index (κ3) is 4.01. The van der Waals surface area contributed by atoms with Crippen LogP contribution in [0.1, 0.15) is 12.5 Å². The van der Waals surface area contributed by atoms with E-state index in [1.165, 1.54) is 25.1 Å². The van der Waals surface area contributed by atoms with Gasteiger partial charge in [-0.3, -0.25) is 4.79 Å². The number of ketones is 1. The molecule has 0 spiro atoms. The summed E-state index contributed by atoms with van der Waals surface area (Å²) in [6.07, 6.45) is -4.79. The number of halogens is 3. The van der Waals surface area contributed by atoms with E-state index in [1.807, 2.05) is 0 Å². The summed E-state index contributed by atoms with van der Waals surface area (Å²) in [7, 11) is 0. The summed E-state index contributed by atoms with van der Waals surface area (Å²) < 4.78 is 39.6. The average molecular weight is 218 g/mol. The highest BCUT2D eigenvalue weighted by molar-refractivity contribution is 5.78. The molecule has 0 aliphatic rings. The zero-order chi connectivity index (χ0) is 11.5. The highest BCUT2D eigenvalue weighted by Crippen LogP contribution is 2.26. The molecule has 0 atom stereocenters. The van der Waals surface area contributed by atoms with Gasteiger partial charge < -0.3 is 4.74 Å². The van der Waals surface area contributed by atoms with E-state index in [-0.39, 0.29) is 23.5 Å². The first-order valence-electron chi connectivity index (χ1n) is 4.21. The molecule has 0 bridgehead atoms. The van der Waals surface area contributed by atoms with Crippen molar-refractivity contribution in [3.63, 3.8) is 0 Å². The lowest BCUT2D eigenvalue weighted by atomic mass is 10.1. The molecular formula is C10H9F3O2. The first kappa shape index (κ1) is 11.6. The maximum absolute atomic E-state index is 12.0. The fourth-order valence-electron chi connectivity index (χ4n) is 1.14. The van der Waals surface area contributed by atoms with Gasteiger partial charge in [0.1, 0.15) is 11.5 Å². The molecule has 1 rings (SSSR count). The lowest BCUT2D eigenvalue weighted by Crippen LogP contribution is -2.18. The lowest BCUT2D eigenvalue weighted by molar-refractivity contribution is -0.274.